The highest BCUT2D eigenvalue weighted by atomic mass is 79.9. The zero-order valence-corrected chi connectivity index (χ0v) is 15.0. The summed E-state index contributed by atoms with van der Waals surface area (Å²) < 4.78 is 44.9. The van der Waals surface area contributed by atoms with E-state index in [1.54, 1.807) is 12.1 Å². The molecule has 0 atom stereocenters. The molecule has 0 aromatic heterocycles. The largest absolute Gasteiger partial charge is 0.493 e. The fourth-order valence-electron chi connectivity index (χ4n) is 2.48. The number of halogens is 5. The average Bonchev–Trinajstić information content (AvgIpc) is 3.31. The van der Waals surface area contributed by atoms with E-state index >= 15 is 0 Å². The molecular weight excluding hydrogens is 405 g/mol. The van der Waals surface area contributed by atoms with Crippen LogP contribution in [0.1, 0.15) is 24.0 Å². The Labute approximate surface area is 151 Å². The lowest BCUT2D eigenvalue weighted by Gasteiger charge is -2.19. The molecule has 0 heterocycles. The van der Waals surface area contributed by atoms with Crippen molar-refractivity contribution in [3.63, 3.8) is 0 Å². The van der Waals surface area contributed by atoms with Gasteiger partial charge in [-0.1, -0.05) is 39.7 Å². The number of rotatable bonds is 5. The van der Waals surface area contributed by atoms with E-state index < -0.39 is 11.6 Å². The first-order valence-electron chi connectivity index (χ1n) is 7.51. The van der Waals surface area contributed by atoms with Gasteiger partial charge in [-0.3, -0.25) is 0 Å². The maximum absolute atomic E-state index is 12.9. The Morgan fingerprint density at radius 3 is 2.33 bits per heavy atom. The highest BCUT2D eigenvalue weighted by molar-refractivity contribution is 9.10. The van der Waals surface area contributed by atoms with E-state index in [1.165, 1.54) is 0 Å². The minimum atomic E-state index is -4.19. The molecule has 1 aliphatic rings. The van der Waals surface area contributed by atoms with Crippen molar-refractivity contribution in [1.82, 2.24) is 0 Å². The van der Waals surface area contributed by atoms with Gasteiger partial charge in [-0.05, 0) is 60.7 Å². The molecule has 0 N–H and O–H groups in total. The molecule has 0 bridgehead atoms. The lowest BCUT2D eigenvalue weighted by molar-refractivity contribution is -0.194. The predicted molar refractivity (Wildman–Crippen MR) is 91.6 cm³/mol. The van der Waals surface area contributed by atoms with Crippen LogP contribution in [0.5, 0.6) is 5.75 Å². The predicted octanol–water partition coefficient (Wildman–Crippen LogP) is 6.41. The summed E-state index contributed by atoms with van der Waals surface area (Å²) in [4.78, 5) is 0. The first kappa shape index (κ1) is 17.6. The fraction of sp³-hybridized carbons (Fsp3) is 0.333. The standard InChI is InChI=1S/C18H15BrClF3O/c19-14-3-6-16(20)13(10-14)9-12-1-4-15(5-2-12)24-11-17(7-8-17)18(21,22)23/h1-6,10H,7-9,11H2. The summed E-state index contributed by atoms with van der Waals surface area (Å²) in [5.74, 6) is 0.453. The van der Waals surface area contributed by atoms with E-state index in [1.807, 2.05) is 30.3 Å². The normalized spacial score (nSPS) is 16.0. The van der Waals surface area contributed by atoms with Gasteiger partial charge in [0.15, 0.2) is 0 Å². The summed E-state index contributed by atoms with van der Waals surface area (Å²) >= 11 is 9.59. The third kappa shape index (κ3) is 3.89. The van der Waals surface area contributed by atoms with Crippen molar-refractivity contribution in [2.75, 3.05) is 6.61 Å². The number of ether oxygens (including phenoxy) is 1. The van der Waals surface area contributed by atoms with Crippen LogP contribution in [0.25, 0.3) is 0 Å². The van der Waals surface area contributed by atoms with Crippen LogP contribution in [0.15, 0.2) is 46.9 Å². The van der Waals surface area contributed by atoms with Gasteiger partial charge >= 0.3 is 6.18 Å². The van der Waals surface area contributed by atoms with Gasteiger partial charge in [-0.15, -0.1) is 0 Å². The molecule has 0 radical (unpaired) electrons. The molecule has 2 aromatic rings. The summed E-state index contributed by atoms with van der Waals surface area (Å²) in [5.41, 5.74) is 0.350. The Bertz CT molecular complexity index is 724. The molecular formula is C18H15BrClF3O. The maximum atomic E-state index is 12.9. The zero-order valence-electron chi connectivity index (χ0n) is 12.7. The number of hydrogen-bond acceptors (Lipinski definition) is 1. The summed E-state index contributed by atoms with van der Waals surface area (Å²) in [6, 6.07) is 12.7. The molecule has 2 aromatic carbocycles. The van der Waals surface area contributed by atoms with Crippen LogP contribution < -0.4 is 4.74 Å². The maximum Gasteiger partial charge on any atom is 0.397 e. The van der Waals surface area contributed by atoms with Crippen LogP contribution in [0.2, 0.25) is 5.02 Å². The van der Waals surface area contributed by atoms with Gasteiger partial charge in [0.25, 0.3) is 0 Å². The first-order valence-corrected chi connectivity index (χ1v) is 8.69. The Balaban J connectivity index is 1.63. The molecule has 1 fully saturated rings. The van der Waals surface area contributed by atoms with Crippen molar-refractivity contribution in [1.29, 1.82) is 0 Å². The smallest absolute Gasteiger partial charge is 0.397 e. The minimum absolute atomic E-state index is 0.149. The summed E-state index contributed by atoms with van der Waals surface area (Å²) in [6.45, 7) is -0.312. The lowest BCUT2D eigenvalue weighted by Crippen LogP contribution is -2.30. The van der Waals surface area contributed by atoms with Gasteiger partial charge in [-0.2, -0.15) is 13.2 Å². The summed E-state index contributed by atoms with van der Waals surface area (Å²) in [5, 5.41) is 0.680. The molecule has 0 amide bonds. The fourth-order valence-corrected chi connectivity index (χ4v) is 3.08. The van der Waals surface area contributed by atoms with Crippen molar-refractivity contribution < 1.29 is 17.9 Å². The molecule has 0 unspecified atom stereocenters. The van der Waals surface area contributed by atoms with Crippen LogP contribution in [0.4, 0.5) is 13.2 Å². The van der Waals surface area contributed by atoms with Crippen LogP contribution >= 0.6 is 27.5 Å². The summed E-state index contributed by atoms with van der Waals surface area (Å²) in [7, 11) is 0. The Morgan fingerprint density at radius 2 is 1.75 bits per heavy atom. The minimum Gasteiger partial charge on any atom is -0.493 e. The van der Waals surface area contributed by atoms with Crippen molar-refractivity contribution in [3.05, 3.63) is 63.1 Å². The number of alkyl halides is 3. The van der Waals surface area contributed by atoms with E-state index in [0.29, 0.717) is 17.2 Å². The van der Waals surface area contributed by atoms with E-state index in [-0.39, 0.29) is 19.4 Å². The average molecular weight is 420 g/mol. The molecule has 3 rings (SSSR count). The topological polar surface area (TPSA) is 9.23 Å². The quantitative estimate of drug-likeness (QED) is 0.544. The third-order valence-electron chi connectivity index (χ3n) is 4.30. The van der Waals surface area contributed by atoms with E-state index in [9.17, 15) is 13.2 Å². The second kappa shape index (κ2) is 6.60. The number of benzene rings is 2. The van der Waals surface area contributed by atoms with Gasteiger partial charge in [0.05, 0.1) is 0 Å². The van der Waals surface area contributed by atoms with E-state index in [2.05, 4.69) is 15.9 Å². The molecule has 0 spiro atoms. The molecule has 1 nitrogen and oxygen atoms in total. The van der Waals surface area contributed by atoms with Crippen LogP contribution in [-0.2, 0) is 6.42 Å². The monoisotopic (exact) mass is 418 g/mol. The van der Waals surface area contributed by atoms with Crippen LogP contribution in [-0.4, -0.2) is 12.8 Å². The summed E-state index contributed by atoms with van der Waals surface area (Å²) in [6.07, 6.45) is -3.25. The van der Waals surface area contributed by atoms with Gasteiger partial charge in [0.2, 0.25) is 0 Å². The van der Waals surface area contributed by atoms with Gasteiger partial charge in [0.1, 0.15) is 17.8 Å². The Kier molecular flexibility index (Phi) is 4.85. The van der Waals surface area contributed by atoms with Crippen molar-refractivity contribution >= 4 is 27.5 Å². The molecule has 24 heavy (non-hydrogen) atoms. The highest BCUT2D eigenvalue weighted by Crippen LogP contribution is 2.57. The molecule has 6 heteroatoms. The van der Waals surface area contributed by atoms with Crippen molar-refractivity contribution in [2.45, 2.75) is 25.4 Å². The molecule has 1 saturated carbocycles. The second-order valence-electron chi connectivity index (χ2n) is 6.12. The Morgan fingerprint density at radius 1 is 1.08 bits per heavy atom. The molecule has 128 valence electrons. The van der Waals surface area contributed by atoms with Gasteiger partial charge < -0.3 is 4.74 Å². The SMILES string of the molecule is FC(F)(F)C1(COc2ccc(Cc3cc(Br)ccc3Cl)cc2)CC1. The second-order valence-corrected chi connectivity index (χ2v) is 7.45. The highest BCUT2D eigenvalue weighted by Gasteiger charge is 2.63. The lowest BCUT2D eigenvalue weighted by atomic mass is 10.0. The van der Waals surface area contributed by atoms with Crippen LogP contribution in [0.3, 0.4) is 0 Å². The molecule has 0 saturated heterocycles. The third-order valence-corrected chi connectivity index (χ3v) is 5.16. The molecule has 1 aliphatic carbocycles. The van der Waals surface area contributed by atoms with Crippen molar-refractivity contribution in [2.24, 2.45) is 5.41 Å². The first-order chi connectivity index (χ1) is 11.3. The molecule has 0 aliphatic heterocycles. The van der Waals surface area contributed by atoms with Crippen LogP contribution in [0, 0.1) is 5.41 Å². The zero-order chi connectivity index (χ0) is 17.4. The van der Waals surface area contributed by atoms with E-state index in [0.717, 1.165) is 15.6 Å². The van der Waals surface area contributed by atoms with Gasteiger partial charge in [-0.25, -0.2) is 0 Å². The Hall–Kier alpha value is -1.20. The number of hydrogen-bond donors (Lipinski definition) is 0. The van der Waals surface area contributed by atoms with Gasteiger partial charge in [0, 0.05) is 9.50 Å². The van der Waals surface area contributed by atoms with E-state index in [4.69, 9.17) is 16.3 Å². The van der Waals surface area contributed by atoms with Crippen molar-refractivity contribution in [3.8, 4) is 5.75 Å².